The van der Waals surface area contributed by atoms with E-state index in [4.69, 9.17) is 9.47 Å². The Morgan fingerprint density at radius 1 is 1.37 bits per heavy atom. The predicted molar refractivity (Wildman–Crippen MR) is 77.0 cm³/mol. The van der Waals surface area contributed by atoms with E-state index < -0.39 is 0 Å². The second-order valence-electron chi connectivity index (χ2n) is 6.06. The zero-order chi connectivity index (χ0) is 14.3. The van der Waals surface area contributed by atoms with Gasteiger partial charge in [-0.15, -0.1) is 0 Å². The Labute approximate surface area is 118 Å². The minimum absolute atomic E-state index is 0.0331. The van der Waals surface area contributed by atoms with Gasteiger partial charge in [0.15, 0.2) is 0 Å². The Hall–Kier alpha value is -0.570. The maximum atomic E-state index is 12.5. The van der Waals surface area contributed by atoms with Crippen LogP contribution in [0.3, 0.4) is 0 Å². The molecule has 1 fully saturated rings. The first-order valence-electron chi connectivity index (χ1n) is 7.85. The summed E-state index contributed by atoms with van der Waals surface area (Å²) in [5.41, 5.74) is -0.380. The Balaban J connectivity index is 2.79. The molecule has 1 saturated carbocycles. The van der Waals surface area contributed by atoms with Gasteiger partial charge in [0.1, 0.15) is 0 Å². The van der Waals surface area contributed by atoms with Gasteiger partial charge in [0.2, 0.25) is 0 Å². The van der Waals surface area contributed by atoms with Gasteiger partial charge >= 0.3 is 5.97 Å². The van der Waals surface area contributed by atoms with Crippen molar-refractivity contribution < 1.29 is 14.3 Å². The smallest absolute Gasteiger partial charge is 0.314 e. The number of carbonyl (C=O) groups excluding carboxylic acids is 1. The highest BCUT2D eigenvalue weighted by atomic mass is 16.5. The number of ether oxygens (including phenoxy) is 2. The lowest BCUT2D eigenvalue weighted by molar-refractivity contribution is -0.165. The lowest BCUT2D eigenvalue weighted by Crippen LogP contribution is -2.41. The molecule has 0 bridgehead atoms. The topological polar surface area (TPSA) is 35.5 Å². The van der Waals surface area contributed by atoms with Crippen LogP contribution in [-0.2, 0) is 14.3 Å². The summed E-state index contributed by atoms with van der Waals surface area (Å²) in [4.78, 5) is 12.5. The molecule has 0 aliphatic heterocycles. The molecule has 0 aromatic carbocycles. The van der Waals surface area contributed by atoms with Crippen LogP contribution in [-0.4, -0.2) is 25.3 Å². The second kappa shape index (κ2) is 7.88. The van der Waals surface area contributed by atoms with Crippen LogP contribution < -0.4 is 0 Å². The summed E-state index contributed by atoms with van der Waals surface area (Å²) in [6.45, 7) is 9.60. The van der Waals surface area contributed by atoms with Gasteiger partial charge in [-0.05, 0) is 51.4 Å². The third-order valence-corrected chi connectivity index (χ3v) is 4.08. The quantitative estimate of drug-likeness (QED) is 0.626. The lowest BCUT2D eigenvalue weighted by atomic mass is 9.78. The second-order valence-corrected chi connectivity index (χ2v) is 6.06. The Morgan fingerprint density at radius 2 is 2.11 bits per heavy atom. The first kappa shape index (κ1) is 16.5. The molecule has 0 radical (unpaired) electrons. The average molecular weight is 270 g/mol. The number of carbonyl (C=O) groups is 1. The zero-order valence-electron chi connectivity index (χ0n) is 13.0. The molecular weight excluding hydrogens is 240 g/mol. The minimum atomic E-state index is -0.380. The largest absolute Gasteiger partial charge is 0.465 e. The molecular formula is C16H30O3. The van der Waals surface area contributed by atoms with Crippen molar-refractivity contribution in [1.82, 2.24) is 0 Å². The van der Waals surface area contributed by atoms with Crippen molar-refractivity contribution in [1.29, 1.82) is 0 Å². The standard InChI is InChI=1S/C16H30O3/c1-5-12-19-14-8-7-10-16(14,11-9-13(3)4)15(17)18-6-2/h13-14H,5-12H2,1-4H3. The number of hydrogen-bond donors (Lipinski definition) is 0. The van der Waals surface area contributed by atoms with E-state index in [0.29, 0.717) is 12.5 Å². The van der Waals surface area contributed by atoms with Gasteiger partial charge in [-0.25, -0.2) is 0 Å². The van der Waals surface area contributed by atoms with Crippen molar-refractivity contribution in [3.05, 3.63) is 0 Å². The molecule has 0 aromatic rings. The zero-order valence-corrected chi connectivity index (χ0v) is 13.0. The van der Waals surface area contributed by atoms with Crippen LogP contribution in [0.15, 0.2) is 0 Å². The van der Waals surface area contributed by atoms with Crippen molar-refractivity contribution in [2.24, 2.45) is 11.3 Å². The van der Waals surface area contributed by atoms with Gasteiger partial charge in [0, 0.05) is 6.61 Å². The molecule has 2 atom stereocenters. The minimum Gasteiger partial charge on any atom is -0.465 e. The first-order chi connectivity index (χ1) is 9.06. The summed E-state index contributed by atoms with van der Waals surface area (Å²) in [7, 11) is 0. The molecule has 1 rings (SSSR count). The van der Waals surface area contributed by atoms with E-state index in [-0.39, 0.29) is 17.5 Å². The molecule has 2 unspecified atom stereocenters. The van der Waals surface area contributed by atoms with Crippen molar-refractivity contribution in [2.75, 3.05) is 13.2 Å². The first-order valence-corrected chi connectivity index (χ1v) is 7.85. The molecule has 1 aliphatic rings. The summed E-state index contributed by atoms with van der Waals surface area (Å²) in [6, 6.07) is 0. The summed E-state index contributed by atoms with van der Waals surface area (Å²) in [5.74, 6) is 0.577. The van der Waals surface area contributed by atoms with Gasteiger partial charge in [-0.2, -0.15) is 0 Å². The number of rotatable bonds is 8. The van der Waals surface area contributed by atoms with Crippen LogP contribution in [0.25, 0.3) is 0 Å². The summed E-state index contributed by atoms with van der Waals surface area (Å²) in [5, 5.41) is 0. The van der Waals surface area contributed by atoms with Crippen molar-refractivity contribution >= 4 is 5.97 Å². The van der Waals surface area contributed by atoms with E-state index in [9.17, 15) is 4.79 Å². The highest BCUT2D eigenvalue weighted by Crippen LogP contribution is 2.45. The summed E-state index contributed by atoms with van der Waals surface area (Å²) >= 11 is 0. The van der Waals surface area contributed by atoms with Crippen LogP contribution in [0, 0.1) is 11.3 Å². The monoisotopic (exact) mass is 270 g/mol. The number of hydrogen-bond acceptors (Lipinski definition) is 3. The third kappa shape index (κ3) is 4.20. The van der Waals surface area contributed by atoms with E-state index in [0.717, 1.165) is 45.1 Å². The molecule has 112 valence electrons. The molecule has 19 heavy (non-hydrogen) atoms. The van der Waals surface area contributed by atoms with Crippen LogP contribution in [0.4, 0.5) is 0 Å². The SMILES string of the molecule is CCCOC1CCCC1(CCC(C)C)C(=O)OCC. The summed E-state index contributed by atoms with van der Waals surface area (Å²) in [6.07, 6.45) is 6.02. The molecule has 0 spiro atoms. The fraction of sp³-hybridized carbons (Fsp3) is 0.938. The van der Waals surface area contributed by atoms with Gasteiger partial charge in [-0.3, -0.25) is 4.79 Å². The maximum Gasteiger partial charge on any atom is 0.314 e. The van der Waals surface area contributed by atoms with Crippen molar-refractivity contribution in [3.8, 4) is 0 Å². The Bertz CT molecular complexity index is 275. The average Bonchev–Trinajstić information content (AvgIpc) is 2.78. The van der Waals surface area contributed by atoms with Crippen molar-refractivity contribution in [2.45, 2.75) is 72.3 Å². The lowest BCUT2D eigenvalue weighted by Gasteiger charge is -2.33. The molecule has 1 aliphatic carbocycles. The number of esters is 1. The fourth-order valence-corrected chi connectivity index (χ4v) is 2.99. The normalized spacial score (nSPS) is 26.9. The maximum absolute atomic E-state index is 12.5. The highest BCUT2D eigenvalue weighted by molar-refractivity contribution is 5.78. The Kier molecular flexibility index (Phi) is 6.84. The molecule has 0 aromatic heterocycles. The van der Waals surface area contributed by atoms with Gasteiger partial charge in [0.25, 0.3) is 0 Å². The van der Waals surface area contributed by atoms with E-state index in [1.54, 1.807) is 0 Å². The molecule has 0 N–H and O–H groups in total. The van der Waals surface area contributed by atoms with Gasteiger partial charge < -0.3 is 9.47 Å². The molecule has 3 heteroatoms. The Morgan fingerprint density at radius 3 is 2.68 bits per heavy atom. The van der Waals surface area contributed by atoms with Crippen LogP contribution in [0.2, 0.25) is 0 Å². The van der Waals surface area contributed by atoms with Gasteiger partial charge in [0.05, 0.1) is 18.1 Å². The predicted octanol–water partition coefficient (Wildman–Crippen LogP) is 3.95. The molecule has 0 heterocycles. The molecule has 0 saturated heterocycles. The van der Waals surface area contributed by atoms with Crippen molar-refractivity contribution in [3.63, 3.8) is 0 Å². The van der Waals surface area contributed by atoms with E-state index in [1.807, 2.05) is 6.92 Å². The van der Waals surface area contributed by atoms with Crippen LogP contribution in [0.1, 0.15) is 66.2 Å². The van der Waals surface area contributed by atoms with Gasteiger partial charge in [-0.1, -0.05) is 20.8 Å². The summed E-state index contributed by atoms with van der Waals surface area (Å²) < 4.78 is 11.3. The van der Waals surface area contributed by atoms with E-state index in [1.165, 1.54) is 0 Å². The van der Waals surface area contributed by atoms with E-state index in [2.05, 4.69) is 20.8 Å². The molecule has 3 nitrogen and oxygen atoms in total. The third-order valence-electron chi connectivity index (χ3n) is 4.08. The fourth-order valence-electron chi connectivity index (χ4n) is 2.99. The van der Waals surface area contributed by atoms with E-state index >= 15 is 0 Å². The molecule has 0 amide bonds. The van der Waals surface area contributed by atoms with Crippen LogP contribution in [0.5, 0.6) is 0 Å². The van der Waals surface area contributed by atoms with Crippen LogP contribution >= 0.6 is 0 Å². The highest BCUT2D eigenvalue weighted by Gasteiger charge is 2.50.